The van der Waals surface area contributed by atoms with Crippen molar-refractivity contribution >= 4 is 5.97 Å². The summed E-state index contributed by atoms with van der Waals surface area (Å²) in [5.41, 5.74) is 1.92. The molecule has 0 radical (unpaired) electrons. The number of halogens is 1. The largest absolute Gasteiger partial charge is 0.481 e. The second-order valence-corrected chi connectivity index (χ2v) is 6.04. The average molecular weight is 346 g/mol. The Kier molecular flexibility index (Phi) is 6.09. The molecule has 0 aliphatic rings. The number of aromatic carboxylic acids is 1. The number of pyridine rings is 1. The predicted molar refractivity (Wildman–Crippen MR) is 94.4 cm³/mol. The second-order valence-electron chi connectivity index (χ2n) is 6.04. The first kappa shape index (κ1) is 18.9. The molecular formula is C19H23FN2O3. The van der Waals surface area contributed by atoms with Gasteiger partial charge in [0.1, 0.15) is 5.82 Å². The number of methoxy groups -OCH3 is 1. The zero-order valence-corrected chi connectivity index (χ0v) is 14.9. The van der Waals surface area contributed by atoms with E-state index in [0.717, 1.165) is 18.3 Å². The van der Waals surface area contributed by atoms with Crippen molar-refractivity contribution in [1.82, 2.24) is 9.88 Å². The number of rotatable bonds is 7. The second kappa shape index (κ2) is 8.07. The molecule has 0 aliphatic heterocycles. The lowest BCUT2D eigenvalue weighted by Crippen LogP contribution is -2.30. The molecule has 134 valence electrons. The number of hydrogen-bond acceptors (Lipinski definition) is 4. The minimum Gasteiger partial charge on any atom is -0.481 e. The maximum absolute atomic E-state index is 14.4. The van der Waals surface area contributed by atoms with Crippen molar-refractivity contribution in [2.24, 2.45) is 0 Å². The van der Waals surface area contributed by atoms with Gasteiger partial charge in [0, 0.05) is 24.2 Å². The zero-order chi connectivity index (χ0) is 18.6. The third kappa shape index (κ3) is 4.33. The summed E-state index contributed by atoms with van der Waals surface area (Å²) in [7, 11) is 1.47. The summed E-state index contributed by atoms with van der Waals surface area (Å²) in [5, 5.41) is 9.29. The molecule has 0 aliphatic carbocycles. The summed E-state index contributed by atoms with van der Waals surface area (Å²) in [6.45, 7) is 7.50. The highest BCUT2D eigenvalue weighted by atomic mass is 19.1. The van der Waals surface area contributed by atoms with Crippen LogP contribution in [-0.2, 0) is 6.54 Å². The summed E-state index contributed by atoms with van der Waals surface area (Å²) in [4.78, 5) is 17.4. The van der Waals surface area contributed by atoms with Gasteiger partial charge < -0.3 is 9.84 Å². The van der Waals surface area contributed by atoms with Gasteiger partial charge >= 0.3 is 5.97 Å². The van der Waals surface area contributed by atoms with Crippen molar-refractivity contribution in [3.8, 4) is 17.0 Å². The van der Waals surface area contributed by atoms with Gasteiger partial charge in [0.2, 0.25) is 5.88 Å². The van der Waals surface area contributed by atoms with E-state index in [4.69, 9.17) is 4.74 Å². The van der Waals surface area contributed by atoms with Crippen LogP contribution in [0.25, 0.3) is 11.1 Å². The highest BCUT2D eigenvalue weighted by molar-refractivity contribution is 5.89. The van der Waals surface area contributed by atoms with E-state index in [9.17, 15) is 14.3 Å². The lowest BCUT2D eigenvalue weighted by Gasteiger charge is -2.26. The normalized spacial score (nSPS) is 11.2. The standard InChI is InChI=1S/C19H23FN2O3/c1-5-22(12(2)3)11-14-8-13(19(23)24)6-7-15(14)16-9-18(25-4)21-10-17(16)20/h6-10,12H,5,11H2,1-4H3,(H,23,24). The quantitative estimate of drug-likeness (QED) is 0.826. The van der Waals surface area contributed by atoms with Gasteiger partial charge in [-0.15, -0.1) is 0 Å². The Morgan fingerprint density at radius 1 is 1.32 bits per heavy atom. The summed E-state index contributed by atoms with van der Waals surface area (Å²) < 4.78 is 19.5. The van der Waals surface area contributed by atoms with Crippen LogP contribution in [0.5, 0.6) is 5.88 Å². The minimum absolute atomic E-state index is 0.181. The molecule has 1 N–H and O–H groups in total. The molecule has 0 saturated heterocycles. The van der Waals surface area contributed by atoms with Gasteiger partial charge in [-0.25, -0.2) is 14.2 Å². The van der Waals surface area contributed by atoms with Crippen LogP contribution in [0.2, 0.25) is 0 Å². The van der Waals surface area contributed by atoms with Crippen molar-refractivity contribution in [2.45, 2.75) is 33.4 Å². The van der Waals surface area contributed by atoms with E-state index < -0.39 is 11.8 Å². The molecule has 25 heavy (non-hydrogen) atoms. The van der Waals surface area contributed by atoms with Crippen molar-refractivity contribution in [3.05, 3.63) is 47.4 Å². The third-order valence-corrected chi connectivity index (χ3v) is 4.19. The van der Waals surface area contributed by atoms with Gasteiger partial charge in [-0.3, -0.25) is 4.90 Å². The van der Waals surface area contributed by atoms with Crippen molar-refractivity contribution in [2.75, 3.05) is 13.7 Å². The molecule has 0 amide bonds. The summed E-state index contributed by atoms with van der Waals surface area (Å²) in [5.74, 6) is -1.17. The molecular weight excluding hydrogens is 323 g/mol. The average Bonchev–Trinajstić information content (AvgIpc) is 2.59. The Bertz CT molecular complexity index is 762. The van der Waals surface area contributed by atoms with Gasteiger partial charge in [0.05, 0.1) is 18.9 Å². The van der Waals surface area contributed by atoms with E-state index >= 15 is 0 Å². The van der Waals surface area contributed by atoms with Gasteiger partial charge in [0.25, 0.3) is 0 Å². The maximum atomic E-state index is 14.4. The third-order valence-electron chi connectivity index (χ3n) is 4.19. The fraction of sp³-hybridized carbons (Fsp3) is 0.368. The van der Waals surface area contributed by atoms with Crippen molar-refractivity contribution in [1.29, 1.82) is 0 Å². The van der Waals surface area contributed by atoms with Crippen LogP contribution in [0.15, 0.2) is 30.5 Å². The van der Waals surface area contributed by atoms with Crippen LogP contribution in [0, 0.1) is 5.82 Å². The van der Waals surface area contributed by atoms with Crippen molar-refractivity contribution < 1.29 is 19.0 Å². The number of nitrogens with zero attached hydrogens (tertiary/aromatic N) is 2. The van der Waals surface area contributed by atoms with Gasteiger partial charge in [-0.1, -0.05) is 13.0 Å². The Hall–Kier alpha value is -2.47. The molecule has 0 spiro atoms. The summed E-state index contributed by atoms with van der Waals surface area (Å²) >= 11 is 0. The number of carboxylic acids is 1. The lowest BCUT2D eigenvalue weighted by molar-refractivity contribution is 0.0696. The molecule has 6 heteroatoms. The number of ether oxygens (including phenoxy) is 1. The fourth-order valence-corrected chi connectivity index (χ4v) is 2.74. The Morgan fingerprint density at radius 3 is 2.60 bits per heavy atom. The molecule has 1 heterocycles. The first-order valence-corrected chi connectivity index (χ1v) is 8.17. The van der Waals surface area contributed by atoms with E-state index in [1.54, 1.807) is 12.1 Å². The molecule has 5 nitrogen and oxygen atoms in total. The topological polar surface area (TPSA) is 62.7 Å². The van der Waals surface area contributed by atoms with Crippen LogP contribution < -0.4 is 4.74 Å². The lowest BCUT2D eigenvalue weighted by atomic mass is 9.97. The van der Waals surface area contributed by atoms with Crippen LogP contribution in [-0.4, -0.2) is 40.7 Å². The molecule has 0 saturated carbocycles. The minimum atomic E-state index is -1.01. The van der Waals surface area contributed by atoms with Crippen LogP contribution >= 0.6 is 0 Å². The molecule has 2 aromatic rings. The molecule has 0 fully saturated rings. The molecule has 0 atom stereocenters. The van der Waals surface area contributed by atoms with E-state index in [2.05, 4.69) is 23.7 Å². The highest BCUT2D eigenvalue weighted by Gasteiger charge is 2.17. The highest BCUT2D eigenvalue weighted by Crippen LogP contribution is 2.30. The summed E-state index contributed by atoms with van der Waals surface area (Å²) in [6.07, 6.45) is 1.11. The number of carboxylic acid groups (broad SMARTS) is 1. The summed E-state index contributed by atoms with van der Waals surface area (Å²) in [6, 6.07) is 6.54. The van der Waals surface area contributed by atoms with Crippen LogP contribution in [0.3, 0.4) is 0 Å². The number of carbonyl (C=O) groups is 1. The smallest absolute Gasteiger partial charge is 0.335 e. The molecule has 1 aromatic heterocycles. The molecule has 0 unspecified atom stereocenters. The number of benzene rings is 1. The number of hydrogen-bond donors (Lipinski definition) is 1. The van der Waals surface area contributed by atoms with Gasteiger partial charge in [-0.05, 0) is 43.7 Å². The SMILES string of the molecule is CCN(Cc1cc(C(=O)O)ccc1-c1cc(OC)ncc1F)C(C)C. The molecule has 2 rings (SSSR count). The fourth-order valence-electron chi connectivity index (χ4n) is 2.74. The first-order chi connectivity index (χ1) is 11.9. The van der Waals surface area contributed by atoms with Gasteiger partial charge in [0.15, 0.2) is 0 Å². The Morgan fingerprint density at radius 2 is 2.04 bits per heavy atom. The van der Waals surface area contributed by atoms with E-state index in [1.165, 1.54) is 19.2 Å². The van der Waals surface area contributed by atoms with Gasteiger partial charge in [-0.2, -0.15) is 0 Å². The maximum Gasteiger partial charge on any atom is 0.335 e. The predicted octanol–water partition coefficient (Wildman–Crippen LogP) is 3.82. The Balaban J connectivity index is 2.59. The first-order valence-electron chi connectivity index (χ1n) is 8.17. The van der Waals surface area contributed by atoms with Crippen LogP contribution in [0.1, 0.15) is 36.7 Å². The Labute approximate surface area is 147 Å². The zero-order valence-electron chi connectivity index (χ0n) is 14.9. The van der Waals surface area contributed by atoms with E-state index in [-0.39, 0.29) is 11.6 Å². The van der Waals surface area contributed by atoms with Crippen molar-refractivity contribution in [3.63, 3.8) is 0 Å². The van der Waals surface area contributed by atoms with E-state index in [1.807, 2.05) is 6.92 Å². The van der Waals surface area contributed by atoms with E-state index in [0.29, 0.717) is 23.6 Å². The monoisotopic (exact) mass is 346 g/mol. The molecule has 1 aromatic carbocycles. The molecule has 0 bridgehead atoms. The van der Waals surface area contributed by atoms with Crippen LogP contribution in [0.4, 0.5) is 4.39 Å². The number of aromatic nitrogens is 1.